The van der Waals surface area contributed by atoms with Crippen molar-refractivity contribution in [3.05, 3.63) is 28.8 Å². The maximum atomic E-state index is 12.0. The van der Waals surface area contributed by atoms with Crippen molar-refractivity contribution in [3.8, 4) is 0 Å². The molecule has 0 heterocycles. The van der Waals surface area contributed by atoms with Gasteiger partial charge in [-0.3, -0.25) is 9.52 Å². The third-order valence-electron chi connectivity index (χ3n) is 2.50. The number of nitrogens with one attached hydrogen (secondary N) is 1. The first-order chi connectivity index (χ1) is 9.19. The zero-order valence-electron chi connectivity index (χ0n) is 10.7. The molecule has 1 aromatic rings. The molecule has 6 nitrogen and oxygen atoms in total. The lowest BCUT2D eigenvalue weighted by Gasteiger charge is -2.14. The second-order valence-corrected chi connectivity index (χ2v) is 6.72. The molecule has 0 saturated heterocycles. The van der Waals surface area contributed by atoms with E-state index in [0.29, 0.717) is 5.56 Å². The van der Waals surface area contributed by atoms with E-state index in [1.54, 1.807) is 0 Å². The molecule has 1 aromatic carbocycles. The van der Waals surface area contributed by atoms with E-state index in [4.69, 9.17) is 29.6 Å². The average molecular weight is 337 g/mol. The van der Waals surface area contributed by atoms with Crippen LogP contribution in [-0.2, 0) is 19.6 Å². The minimum atomic E-state index is -3.95. The van der Waals surface area contributed by atoms with Crippen LogP contribution < -0.4 is 10.5 Å². The summed E-state index contributed by atoms with van der Waals surface area (Å²) in [5.74, 6) is -0.867. The fourth-order valence-electron chi connectivity index (χ4n) is 1.29. The molecule has 0 aliphatic rings. The highest BCUT2D eigenvalue weighted by Crippen LogP contribution is 2.25. The Morgan fingerprint density at radius 3 is 2.55 bits per heavy atom. The standard InChI is InChI=1S/C11H13ClN2O4S2/c1-6(11(15)18-2)20(16,17)14-9-4-3-7(10(13)19)5-8(9)12/h3-6,14H,1-2H3,(H2,13,19). The summed E-state index contributed by atoms with van der Waals surface area (Å²) < 4.78 is 30.5. The van der Waals surface area contributed by atoms with E-state index in [-0.39, 0.29) is 15.7 Å². The van der Waals surface area contributed by atoms with Crippen LogP contribution in [0.5, 0.6) is 0 Å². The number of thiocarbonyl (C=S) groups is 1. The number of carbonyl (C=O) groups is 1. The van der Waals surface area contributed by atoms with Crippen LogP contribution in [0.25, 0.3) is 0 Å². The summed E-state index contributed by atoms with van der Waals surface area (Å²) in [6.07, 6.45) is 0. The fraction of sp³-hybridized carbons (Fsp3) is 0.273. The third kappa shape index (κ3) is 3.81. The van der Waals surface area contributed by atoms with Crippen molar-refractivity contribution in [2.45, 2.75) is 12.2 Å². The highest BCUT2D eigenvalue weighted by molar-refractivity contribution is 7.94. The summed E-state index contributed by atoms with van der Waals surface area (Å²) >= 11 is 10.7. The predicted molar refractivity (Wildman–Crippen MR) is 81.4 cm³/mol. The Morgan fingerprint density at radius 2 is 2.10 bits per heavy atom. The van der Waals surface area contributed by atoms with Gasteiger partial charge in [-0.2, -0.15) is 0 Å². The number of hydrogen-bond acceptors (Lipinski definition) is 5. The summed E-state index contributed by atoms with van der Waals surface area (Å²) in [7, 11) is -2.84. The Bertz CT molecular complexity index is 646. The first-order valence-electron chi connectivity index (χ1n) is 5.38. The molecule has 0 aromatic heterocycles. The maximum Gasteiger partial charge on any atom is 0.325 e. The van der Waals surface area contributed by atoms with Gasteiger partial charge in [0, 0.05) is 5.56 Å². The van der Waals surface area contributed by atoms with Crippen molar-refractivity contribution in [1.29, 1.82) is 0 Å². The molecule has 0 aliphatic carbocycles. The van der Waals surface area contributed by atoms with Crippen molar-refractivity contribution in [2.24, 2.45) is 5.73 Å². The quantitative estimate of drug-likeness (QED) is 0.620. The largest absolute Gasteiger partial charge is 0.468 e. The molecular formula is C11H13ClN2O4S2. The Morgan fingerprint density at radius 1 is 1.50 bits per heavy atom. The van der Waals surface area contributed by atoms with E-state index in [9.17, 15) is 13.2 Å². The van der Waals surface area contributed by atoms with E-state index in [1.165, 1.54) is 25.1 Å². The number of carbonyl (C=O) groups excluding carboxylic acids is 1. The van der Waals surface area contributed by atoms with Gasteiger partial charge in [-0.1, -0.05) is 23.8 Å². The van der Waals surface area contributed by atoms with Crippen LogP contribution in [0.3, 0.4) is 0 Å². The van der Waals surface area contributed by atoms with E-state index < -0.39 is 21.2 Å². The normalized spacial score (nSPS) is 12.6. The number of rotatable bonds is 5. The number of esters is 1. The van der Waals surface area contributed by atoms with Crippen molar-refractivity contribution in [3.63, 3.8) is 0 Å². The Balaban J connectivity index is 3.04. The number of ether oxygens (including phenoxy) is 1. The third-order valence-corrected chi connectivity index (χ3v) is 4.68. The van der Waals surface area contributed by atoms with Crippen LogP contribution in [0, 0.1) is 0 Å². The number of halogens is 1. The average Bonchev–Trinajstić information content (AvgIpc) is 2.38. The van der Waals surface area contributed by atoms with Gasteiger partial charge >= 0.3 is 5.97 Å². The van der Waals surface area contributed by atoms with Crippen LogP contribution in [-0.4, -0.2) is 31.7 Å². The summed E-state index contributed by atoms with van der Waals surface area (Å²) in [4.78, 5) is 11.4. The lowest BCUT2D eigenvalue weighted by molar-refractivity contribution is -0.139. The summed E-state index contributed by atoms with van der Waals surface area (Å²) in [6, 6.07) is 4.37. The monoisotopic (exact) mass is 336 g/mol. The number of benzene rings is 1. The van der Waals surface area contributed by atoms with Crippen molar-refractivity contribution in [1.82, 2.24) is 0 Å². The zero-order chi connectivity index (χ0) is 15.5. The number of sulfonamides is 1. The van der Waals surface area contributed by atoms with Gasteiger partial charge in [0.1, 0.15) is 4.99 Å². The van der Waals surface area contributed by atoms with Crippen molar-refractivity contribution in [2.75, 3.05) is 11.8 Å². The molecule has 0 bridgehead atoms. The molecule has 0 amide bonds. The zero-order valence-corrected chi connectivity index (χ0v) is 13.1. The van der Waals surface area contributed by atoms with Gasteiger partial charge in [-0.25, -0.2) is 8.42 Å². The van der Waals surface area contributed by atoms with Crippen LogP contribution in [0.2, 0.25) is 5.02 Å². The second-order valence-electron chi connectivity index (χ2n) is 3.87. The second kappa shape index (κ2) is 6.38. The van der Waals surface area contributed by atoms with Gasteiger partial charge in [0.2, 0.25) is 10.0 Å². The van der Waals surface area contributed by atoms with Gasteiger partial charge in [0.25, 0.3) is 0 Å². The van der Waals surface area contributed by atoms with Gasteiger partial charge in [0.15, 0.2) is 5.25 Å². The first kappa shape index (κ1) is 16.7. The van der Waals surface area contributed by atoms with Crippen molar-refractivity contribution >= 4 is 50.5 Å². The van der Waals surface area contributed by atoms with Gasteiger partial charge < -0.3 is 10.5 Å². The molecule has 1 rings (SSSR count). The van der Waals surface area contributed by atoms with E-state index in [2.05, 4.69) is 9.46 Å². The Labute approximate surface area is 127 Å². The number of hydrogen-bond donors (Lipinski definition) is 2. The molecular weight excluding hydrogens is 324 g/mol. The minimum Gasteiger partial charge on any atom is -0.468 e. The Kier molecular flexibility index (Phi) is 5.32. The van der Waals surface area contributed by atoms with Crippen LogP contribution in [0.1, 0.15) is 12.5 Å². The topological polar surface area (TPSA) is 98.5 Å². The van der Waals surface area contributed by atoms with Crippen molar-refractivity contribution < 1.29 is 17.9 Å². The molecule has 0 saturated carbocycles. The molecule has 0 fully saturated rings. The molecule has 110 valence electrons. The maximum absolute atomic E-state index is 12.0. The molecule has 0 radical (unpaired) electrons. The van der Waals surface area contributed by atoms with Gasteiger partial charge in [-0.15, -0.1) is 0 Å². The van der Waals surface area contributed by atoms with Crippen LogP contribution in [0.15, 0.2) is 18.2 Å². The van der Waals surface area contributed by atoms with Gasteiger partial charge in [0.05, 0.1) is 17.8 Å². The van der Waals surface area contributed by atoms with E-state index >= 15 is 0 Å². The molecule has 20 heavy (non-hydrogen) atoms. The highest BCUT2D eigenvalue weighted by Gasteiger charge is 2.29. The fourth-order valence-corrected chi connectivity index (χ4v) is 2.71. The van der Waals surface area contributed by atoms with E-state index in [0.717, 1.165) is 7.11 Å². The van der Waals surface area contributed by atoms with Crippen LogP contribution in [0.4, 0.5) is 5.69 Å². The molecule has 3 N–H and O–H groups in total. The lowest BCUT2D eigenvalue weighted by Crippen LogP contribution is -2.33. The SMILES string of the molecule is COC(=O)C(C)S(=O)(=O)Nc1ccc(C(N)=S)cc1Cl. The molecule has 1 atom stereocenters. The predicted octanol–water partition coefficient (Wildman–Crippen LogP) is 1.28. The van der Waals surface area contributed by atoms with Crippen LogP contribution >= 0.6 is 23.8 Å². The summed E-state index contributed by atoms with van der Waals surface area (Å²) in [5, 5.41) is -1.24. The minimum absolute atomic E-state index is 0.121. The first-order valence-corrected chi connectivity index (χ1v) is 7.71. The smallest absolute Gasteiger partial charge is 0.325 e. The number of methoxy groups -OCH3 is 1. The Hall–Kier alpha value is -1.38. The molecule has 0 spiro atoms. The number of nitrogens with two attached hydrogens (primary N) is 1. The van der Waals surface area contributed by atoms with Gasteiger partial charge in [-0.05, 0) is 25.1 Å². The molecule has 1 unspecified atom stereocenters. The summed E-state index contributed by atoms with van der Waals surface area (Å²) in [5.41, 5.74) is 6.07. The molecule has 0 aliphatic heterocycles. The lowest BCUT2D eigenvalue weighted by atomic mass is 10.2. The molecule has 9 heteroatoms. The van der Waals surface area contributed by atoms with E-state index in [1.807, 2.05) is 0 Å². The number of anilines is 1. The highest BCUT2D eigenvalue weighted by atomic mass is 35.5. The summed E-state index contributed by atoms with van der Waals surface area (Å²) in [6.45, 7) is 1.21.